The van der Waals surface area contributed by atoms with E-state index in [1.807, 2.05) is 31.3 Å². The van der Waals surface area contributed by atoms with E-state index in [-0.39, 0.29) is 30.6 Å². The molecule has 1 aliphatic rings. The van der Waals surface area contributed by atoms with Crippen molar-refractivity contribution in [1.29, 1.82) is 0 Å². The quantitative estimate of drug-likeness (QED) is 0.368. The van der Waals surface area contributed by atoms with Crippen molar-refractivity contribution in [3.8, 4) is 5.75 Å². The summed E-state index contributed by atoms with van der Waals surface area (Å²) >= 11 is 0. The fraction of sp³-hybridized carbons (Fsp3) is 0.333. The van der Waals surface area contributed by atoms with Crippen LogP contribution in [0, 0.1) is 0 Å². The number of carbonyl (C=O) groups excluding carboxylic acids is 1. The van der Waals surface area contributed by atoms with Gasteiger partial charge in [-0.25, -0.2) is 0 Å². The van der Waals surface area contributed by atoms with Gasteiger partial charge in [0.05, 0.1) is 0 Å². The van der Waals surface area contributed by atoms with Gasteiger partial charge in [-0.05, 0) is 29.7 Å². The molecule has 3 rings (SSSR count). The van der Waals surface area contributed by atoms with Crippen LogP contribution in [0.25, 0.3) is 0 Å². The Morgan fingerprint density at radius 1 is 1.25 bits per heavy atom. The number of guanidine groups is 1. The van der Waals surface area contributed by atoms with Crippen LogP contribution in [0.5, 0.6) is 5.75 Å². The summed E-state index contributed by atoms with van der Waals surface area (Å²) in [4.78, 5) is 17.6. The first-order valence-corrected chi connectivity index (χ1v) is 9.16. The van der Waals surface area contributed by atoms with Crippen LogP contribution in [0.4, 0.5) is 0 Å². The summed E-state index contributed by atoms with van der Waals surface area (Å²) in [5, 5.41) is 3.42. The number of ether oxygens (including phenoxy) is 1. The lowest BCUT2D eigenvalue weighted by Crippen LogP contribution is -2.39. The molecule has 1 atom stereocenters. The van der Waals surface area contributed by atoms with Gasteiger partial charge in [0.1, 0.15) is 5.75 Å². The zero-order chi connectivity index (χ0) is 19.1. The third-order valence-corrected chi connectivity index (χ3v) is 4.70. The van der Waals surface area contributed by atoms with E-state index in [9.17, 15) is 4.79 Å². The van der Waals surface area contributed by atoms with E-state index in [1.165, 1.54) is 5.56 Å². The van der Waals surface area contributed by atoms with Gasteiger partial charge in [-0.15, -0.1) is 24.0 Å². The largest absolute Gasteiger partial charge is 0.484 e. The van der Waals surface area contributed by atoms with Gasteiger partial charge >= 0.3 is 0 Å². The number of hydrogen-bond donors (Lipinski definition) is 2. The number of benzene rings is 2. The van der Waals surface area contributed by atoms with Gasteiger partial charge < -0.3 is 20.7 Å². The first-order chi connectivity index (χ1) is 13.2. The second kappa shape index (κ2) is 10.9. The minimum absolute atomic E-state index is 0. The monoisotopic (exact) mass is 494 g/mol. The Bertz CT molecular complexity index is 798. The Balaban J connectivity index is 0.00000280. The molecule has 6 nitrogen and oxygen atoms in total. The molecule has 2 aromatic rings. The zero-order valence-corrected chi connectivity index (χ0v) is 18.3. The molecule has 0 aromatic heterocycles. The van der Waals surface area contributed by atoms with Gasteiger partial charge in [0, 0.05) is 32.6 Å². The smallest absolute Gasteiger partial charge is 0.255 e. The molecule has 1 fully saturated rings. The van der Waals surface area contributed by atoms with Crippen LogP contribution in [0.15, 0.2) is 59.6 Å². The predicted molar refractivity (Wildman–Crippen MR) is 122 cm³/mol. The van der Waals surface area contributed by atoms with Crippen molar-refractivity contribution in [1.82, 2.24) is 10.2 Å². The van der Waals surface area contributed by atoms with Crippen molar-refractivity contribution >= 4 is 35.8 Å². The first kappa shape index (κ1) is 22.0. The van der Waals surface area contributed by atoms with E-state index in [0.717, 1.165) is 31.0 Å². The molecule has 0 radical (unpaired) electrons. The standard InChI is InChI=1S/C21H26N4O2.HI/c1-23-21(25-11-10-18(14-25)17-7-3-2-4-8-17)24-13-16-6-5-9-19(12-16)27-15-20(22)26;/h2-9,12,18H,10-11,13-15H2,1H3,(H2,22,26)(H,23,24);1H. The van der Waals surface area contributed by atoms with Gasteiger partial charge in [0.15, 0.2) is 12.6 Å². The lowest BCUT2D eigenvalue weighted by Gasteiger charge is -2.22. The van der Waals surface area contributed by atoms with Crippen molar-refractivity contribution in [2.45, 2.75) is 18.9 Å². The van der Waals surface area contributed by atoms with E-state index in [2.05, 4.69) is 45.5 Å². The van der Waals surface area contributed by atoms with Gasteiger partial charge in [-0.2, -0.15) is 0 Å². The molecule has 28 heavy (non-hydrogen) atoms. The molecule has 2 aromatic carbocycles. The van der Waals surface area contributed by atoms with Crippen LogP contribution >= 0.6 is 24.0 Å². The predicted octanol–water partition coefficient (Wildman–Crippen LogP) is 2.73. The molecular formula is C21H27IN4O2. The third-order valence-electron chi connectivity index (χ3n) is 4.70. The molecule has 0 aliphatic carbocycles. The highest BCUT2D eigenvalue weighted by atomic mass is 127. The number of carbonyl (C=O) groups is 1. The van der Waals surface area contributed by atoms with E-state index in [1.54, 1.807) is 0 Å². The number of likely N-dealkylation sites (tertiary alicyclic amines) is 1. The van der Waals surface area contributed by atoms with E-state index in [0.29, 0.717) is 18.2 Å². The number of halogens is 1. The average molecular weight is 494 g/mol. The molecule has 7 heteroatoms. The van der Waals surface area contributed by atoms with E-state index < -0.39 is 5.91 Å². The lowest BCUT2D eigenvalue weighted by molar-refractivity contribution is -0.119. The number of aliphatic imine (C=N–C) groups is 1. The van der Waals surface area contributed by atoms with Crippen molar-refractivity contribution in [2.75, 3.05) is 26.7 Å². The molecule has 0 saturated carbocycles. The SMILES string of the molecule is CN=C(NCc1cccc(OCC(N)=O)c1)N1CCC(c2ccccc2)C1.I. The number of nitrogens with one attached hydrogen (secondary N) is 1. The van der Waals surface area contributed by atoms with Gasteiger partial charge in [-0.3, -0.25) is 9.79 Å². The number of nitrogens with two attached hydrogens (primary N) is 1. The van der Waals surface area contributed by atoms with Crippen LogP contribution in [0.1, 0.15) is 23.5 Å². The van der Waals surface area contributed by atoms with E-state index in [4.69, 9.17) is 10.5 Å². The second-order valence-electron chi connectivity index (χ2n) is 6.65. The summed E-state index contributed by atoms with van der Waals surface area (Å²) in [7, 11) is 1.81. The summed E-state index contributed by atoms with van der Waals surface area (Å²) in [5.41, 5.74) is 7.56. The molecule has 1 amide bonds. The minimum atomic E-state index is -0.485. The highest BCUT2D eigenvalue weighted by Gasteiger charge is 2.25. The Morgan fingerprint density at radius 2 is 2.04 bits per heavy atom. The molecule has 1 saturated heterocycles. The number of nitrogens with zero attached hydrogens (tertiary/aromatic N) is 2. The normalized spacial score (nSPS) is 16.4. The Morgan fingerprint density at radius 3 is 2.75 bits per heavy atom. The van der Waals surface area contributed by atoms with Crippen molar-refractivity contribution < 1.29 is 9.53 Å². The molecule has 1 heterocycles. The number of amides is 1. The molecule has 150 valence electrons. The summed E-state index contributed by atoms with van der Waals surface area (Å²) < 4.78 is 5.36. The van der Waals surface area contributed by atoms with Gasteiger partial charge in [0.2, 0.25) is 0 Å². The summed E-state index contributed by atoms with van der Waals surface area (Å²) in [6.45, 7) is 2.46. The summed E-state index contributed by atoms with van der Waals surface area (Å²) in [6, 6.07) is 18.3. The first-order valence-electron chi connectivity index (χ1n) is 9.16. The number of hydrogen-bond acceptors (Lipinski definition) is 3. The molecule has 3 N–H and O–H groups in total. The van der Waals surface area contributed by atoms with Gasteiger partial charge in [0.25, 0.3) is 5.91 Å². The fourth-order valence-corrected chi connectivity index (χ4v) is 3.36. The van der Waals surface area contributed by atoms with E-state index >= 15 is 0 Å². The molecular weight excluding hydrogens is 467 g/mol. The third kappa shape index (κ3) is 6.12. The van der Waals surface area contributed by atoms with Crippen molar-refractivity contribution in [3.05, 3.63) is 65.7 Å². The minimum Gasteiger partial charge on any atom is -0.484 e. The molecule has 0 bridgehead atoms. The van der Waals surface area contributed by atoms with Crippen LogP contribution < -0.4 is 15.8 Å². The summed E-state index contributed by atoms with van der Waals surface area (Å²) in [6.07, 6.45) is 1.13. The number of primary amides is 1. The highest BCUT2D eigenvalue weighted by Crippen LogP contribution is 2.26. The van der Waals surface area contributed by atoms with Crippen LogP contribution in [-0.4, -0.2) is 43.5 Å². The van der Waals surface area contributed by atoms with Crippen LogP contribution in [-0.2, 0) is 11.3 Å². The average Bonchev–Trinajstić information content (AvgIpc) is 3.18. The molecule has 0 spiro atoms. The number of rotatable bonds is 6. The topological polar surface area (TPSA) is 80.0 Å². The maximum Gasteiger partial charge on any atom is 0.255 e. The second-order valence-corrected chi connectivity index (χ2v) is 6.65. The van der Waals surface area contributed by atoms with Crippen LogP contribution in [0.2, 0.25) is 0 Å². The van der Waals surface area contributed by atoms with Gasteiger partial charge in [-0.1, -0.05) is 42.5 Å². The highest BCUT2D eigenvalue weighted by molar-refractivity contribution is 14.0. The maximum atomic E-state index is 10.9. The van der Waals surface area contributed by atoms with Crippen molar-refractivity contribution in [2.24, 2.45) is 10.7 Å². The maximum absolute atomic E-state index is 10.9. The van der Waals surface area contributed by atoms with Crippen LogP contribution in [0.3, 0.4) is 0 Å². The molecule has 1 unspecified atom stereocenters. The zero-order valence-electron chi connectivity index (χ0n) is 16.0. The Hall–Kier alpha value is -2.29. The Kier molecular flexibility index (Phi) is 8.56. The fourth-order valence-electron chi connectivity index (χ4n) is 3.36. The Labute approximate surface area is 183 Å². The van der Waals surface area contributed by atoms with Crippen molar-refractivity contribution in [3.63, 3.8) is 0 Å². The summed E-state index contributed by atoms with van der Waals surface area (Å²) in [5.74, 6) is 1.58. The lowest BCUT2D eigenvalue weighted by atomic mass is 9.99. The molecule has 1 aliphatic heterocycles.